The maximum atomic E-state index is 12.6. The van der Waals surface area contributed by atoms with Gasteiger partial charge in [-0.1, -0.05) is 6.07 Å². The summed E-state index contributed by atoms with van der Waals surface area (Å²) in [6, 6.07) is 3.80. The highest BCUT2D eigenvalue weighted by Crippen LogP contribution is 2.20. The summed E-state index contributed by atoms with van der Waals surface area (Å²) in [5.41, 5.74) is 2.35. The van der Waals surface area contributed by atoms with Crippen LogP contribution in [0.1, 0.15) is 28.8 Å². The first-order chi connectivity index (χ1) is 10.4. The van der Waals surface area contributed by atoms with Crippen molar-refractivity contribution in [2.45, 2.75) is 25.0 Å². The summed E-state index contributed by atoms with van der Waals surface area (Å²) in [4.78, 5) is 14.3. The number of piperidine rings is 1. The Bertz CT molecular complexity index is 820. The monoisotopic (exact) mass is 322 g/mol. The largest absolute Gasteiger partial charge is 0.338 e. The molecule has 2 N–H and O–H groups in total. The topological polar surface area (TPSA) is 97.8 Å². The molecular formula is C14H18N4O3S. The predicted molar refractivity (Wildman–Crippen MR) is 82.0 cm³/mol. The van der Waals surface area contributed by atoms with Gasteiger partial charge in [0.25, 0.3) is 5.91 Å². The predicted octanol–water partition coefficient (Wildman–Crippen LogP) is 0.536. The third-order valence-corrected chi connectivity index (χ3v) is 5.49. The number of likely N-dealkylation sites (tertiary alicyclic amines) is 1. The van der Waals surface area contributed by atoms with Crippen molar-refractivity contribution in [2.75, 3.05) is 13.1 Å². The molecule has 1 fully saturated rings. The van der Waals surface area contributed by atoms with Gasteiger partial charge in [0.05, 0.1) is 22.5 Å². The number of pyridine rings is 1. The van der Waals surface area contributed by atoms with Gasteiger partial charge in [0.1, 0.15) is 0 Å². The van der Waals surface area contributed by atoms with Crippen LogP contribution in [0.3, 0.4) is 0 Å². The van der Waals surface area contributed by atoms with Crippen LogP contribution in [0.15, 0.2) is 24.5 Å². The van der Waals surface area contributed by atoms with Gasteiger partial charge >= 0.3 is 0 Å². The fourth-order valence-electron chi connectivity index (χ4n) is 2.81. The van der Waals surface area contributed by atoms with Crippen LogP contribution in [0.2, 0.25) is 0 Å². The average molecular weight is 322 g/mol. The Balaban J connectivity index is 1.80. The molecule has 0 unspecified atom stereocenters. The van der Waals surface area contributed by atoms with Crippen molar-refractivity contribution in [1.29, 1.82) is 0 Å². The molecule has 22 heavy (non-hydrogen) atoms. The zero-order valence-electron chi connectivity index (χ0n) is 12.3. The smallest absolute Gasteiger partial charge is 0.257 e. The summed E-state index contributed by atoms with van der Waals surface area (Å²) in [5, 5.41) is 8.82. The van der Waals surface area contributed by atoms with Gasteiger partial charge < -0.3 is 4.90 Å². The quantitative estimate of drug-likeness (QED) is 0.872. The highest BCUT2D eigenvalue weighted by atomic mass is 32.2. The molecule has 118 valence electrons. The maximum absolute atomic E-state index is 12.6. The Morgan fingerprint density at radius 3 is 2.64 bits per heavy atom. The average Bonchev–Trinajstić information content (AvgIpc) is 2.88. The third-order valence-electron chi connectivity index (χ3n) is 4.09. The Morgan fingerprint density at radius 1 is 1.32 bits per heavy atom. The zero-order valence-corrected chi connectivity index (χ0v) is 13.1. The lowest BCUT2D eigenvalue weighted by molar-refractivity contribution is 0.0727. The first-order valence-electron chi connectivity index (χ1n) is 7.11. The lowest BCUT2D eigenvalue weighted by atomic mass is 10.1. The normalized spacial score (nSPS) is 17.1. The fourth-order valence-corrected chi connectivity index (χ4v) is 3.68. The van der Waals surface area contributed by atoms with Gasteiger partial charge in [0, 0.05) is 19.3 Å². The highest BCUT2D eigenvalue weighted by molar-refractivity contribution is 7.89. The van der Waals surface area contributed by atoms with E-state index in [0.717, 1.165) is 11.1 Å². The lowest BCUT2D eigenvalue weighted by Gasteiger charge is -2.30. The molecule has 1 aliphatic rings. The number of sulfonamides is 1. The van der Waals surface area contributed by atoms with E-state index >= 15 is 0 Å². The van der Waals surface area contributed by atoms with E-state index in [9.17, 15) is 13.2 Å². The van der Waals surface area contributed by atoms with Gasteiger partial charge in [-0.3, -0.25) is 4.79 Å². The molecule has 1 saturated heterocycles. The van der Waals surface area contributed by atoms with Crippen molar-refractivity contribution in [2.24, 2.45) is 5.14 Å². The molecule has 2 aromatic heterocycles. The summed E-state index contributed by atoms with van der Waals surface area (Å²) < 4.78 is 24.4. The molecule has 0 radical (unpaired) electrons. The van der Waals surface area contributed by atoms with E-state index in [1.165, 1.54) is 0 Å². The van der Waals surface area contributed by atoms with Crippen LogP contribution in [0.25, 0.3) is 5.52 Å². The van der Waals surface area contributed by atoms with E-state index in [-0.39, 0.29) is 5.91 Å². The van der Waals surface area contributed by atoms with E-state index in [1.54, 1.807) is 15.6 Å². The number of aromatic nitrogens is 2. The molecule has 7 nitrogen and oxygen atoms in total. The molecule has 0 spiro atoms. The number of amides is 1. The van der Waals surface area contributed by atoms with Crippen LogP contribution in [0.5, 0.6) is 0 Å². The molecular weight excluding hydrogens is 304 g/mol. The van der Waals surface area contributed by atoms with Gasteiger partial charge in [-0.25, -0.2) is 18.1 Å². The molecule has 0 aromatic carbocycles. The lowest BCUT2D eigenvalue weighted by Crippen LogP contribution is -2.44. The van der Waals surface area contributed by atoms with Gasteiger partial charge in [0.2, 0.25) is 10.0 Å². The number of carbonyl (C=O) groups excluding carboxylic acids is 1. The van der Waals surface area contributed by atoms with Crippen LogP contribution < -0.4 is 5.14 Å². The molecule has 0 saturated carbocycles. The molecule has 3 rings (SSSR count). The molecule has 3 heterocycles. The molecule has 2 aromatic rings. The first kappa shape index (κ1) is 15.0. The highest BCUT2D eigenvalue weighted by Gasteiger charge is 2.30. The number of nitrogens with two attached hydrogens (primary N) is 1. The van der Waals surface area contributed by atoms with Crippen LogP contribution in [-0.2, 0) is 10.0 Å². The van der Waals surface area contributed by atoms with Crippen molar-refractivity contribution in [3.05, 3.63) is 35.7 Å². The van der Waals surface area contributed by atoms with Gasteiger partial charge in [-0.05, 0) is 31.4 Å². The van der Waals surface area contributed by atoms with Crippen LogP contribution in [-0.4, -0.2) is 47.2 Å². The number of carbonyl (C=O) groups is 1. The van der Waals surface area contributed by atoms with Crippen LogP contribution in [0.4, 0.5) is 0 Å². The zero-order chi connectivity index (χ0) is 15.9. The molecule has 8 heteroatoms. The second-order valence-electron chi connectivity index (χ2n) is 5.68. The van der Waals surface area contributed by atoms with E-state index in [2.05, 4.69) is 5.10 Å². The maximum Gasteiger partial charge on any atom is 0.257 e. The summed E-state index contributed by atoms with van der Waals surface area (Å²) in [5.74, 6) is -0.119. The summed E-state index contributed by atoms with van der Waals surface area (Å²) in [6.07, 6.45) is 4.17. The van der Waals surface area contributed by atoms with Crippen molar-refractivity contribution in [3.63, 3.8) is 0 Å². The minimum atomic E-state index is -3.52. The van der Waals surface area contributed by atoms with Crippen LogP contribution in [0, 0.1) is 6.92 Å². The summed E-state index contributed by atoms with van der Waals surface area (Å²) in [6.45, 7) is 2.74. The Hall–Kier alpha value is -1.93. The van der Waals surface area contributed by atoms with Crippen LogP contribution >= 0.6 is 0 Å². The van der Waals surface area contributed by atoms with E-state index in [0.29, 0.717) is 31.5 Å². The number of fused-ring (bicyclic) bond motifs is 1. The van der Waals surface area contributed by atoms with E-state index in [4.69, 9.17) is 5.14 Å². The Labute approximate surface area is 128 Å². The standard InChI is InChI=1S/C14H18N4O3S/c1-10-2-3-13-12(8-16-18(13)9-10)14(19)17-6-4-11(5-7-17)22(15,20)21/h2-3,8-9,11H,4-7H2,1H3,(H2,15,20,21). The SMILES string of the molecule is Cc1ccc2c(C(=O)N3CCC(S(N)(=O)=O)CC3)cnn2c1. The third kappa shape index (κ3) is 2.71. The first-order valence-corrected chi connectivity index (χ1v) is 8.72. The molecule has 1 aliphatic heterocycles. The molecule has 0 atom stereocenters. The van der Waals surface area contributed by atoms with E-state index < -0.39 is 15.3 Å². The van der Waals surface area contributed by atoms with Crippen molar-refractivity contribution in [1.82, 2.24) is 14.5 Å². The fraction of sp³-hybridized carbons (Fsp3) is 0.429. The van der Waals surface area contributed by atoms with Gasteiger partial charge in [0.15, 0.2) is 0 Å². The van der Waals surface area contributed by atoms with Gasteiger partial charge in [-0.2, -0.15) is 5.10 Å². The number of aryl methyl sites for hydroxylation is 1. The van der Waals surface area contributed by atoms with Crippen molar-refractivity contribution >= 4 is 21.4 Å². The minimum Gasteiger partial charge on any atom is -0.338 e. The second-order valence-corrected chi connectivity index (χ2v) is 7.52. The molecule has 0 bridgehead atoms. The summed E-state index contributed by atoms with van der Waals surface area (Å²) in [7, 11) is -3.52. The number of rotatable bonds is 2. The number of hydrogen-bond acceptors (Lipinski definition) is 4. The minimum absolute atomic E-state index is 0.119. The molecule has 1 amide bonds. The number of primary sulfonamides is 1. The second kappa shape index (κ2) is 5.36. The summed E-state index contributed by atoms with van der Waals surface area (Å²) >= 11 is 0. The van der Waals surface area contributed by atoms with Crippen molar-refractivity contribution in [3.8, 4) is 0 Å². The molecule has 0 aliphatic carbocycles. The Kier molecular flexibility index (Phi) is 3.65. The number of hydrogen-bond donors (Lipinski definition) is 1. The van der Waals surface area contributed by atoms with Crippen molar-refractivity contribution < 1.29 is 13.2 Å². The number of nitrogens with zero attached hydrogens (tertiary/aromatic N) is 3. The van der Waals surface area contributed by atoms with Gasteiger partial charge in [-0.15, -0.1) is 0 Å². The van der Waals surface area contributed by atoms with E-state index in [1.807, 2.05) is 25.3 Å². The Morgan fingerprint density at radius 2 is 2.00 bits per heavy atom.